The molecule has 0 spiro atoms. The zero-order chi connectivity index (χ0) is 17.4. The Hall–Kier alpha value is -1.86. The summed E-state index contributed by atoms with van der Waals surface area (Å²) < 4.78 is 2.11. The number of Topliss-reactive ketones (excluding diaryl/α,β-unsaturated/α-hetero) is 1. The highest BCUT2D eigenvalue weighted by Gasteiger charge is 2.16. The summed E-state index contributed by atoms with van der Waals surface area (Å²) in [5.74, 6) is 1.47. The van der Waals surface area contributed by atoms with Crippen molar-refractivity contribution in [2.75, 3.05) is 12.3 Å². The molecule has 0 fully saturated rings. The van der Waals surface area contributed by atoms with E-state index in [0.29, 0.717) is 31.0 Å². The summed E-state index contributed by atoms with van der Waals surface area (Å²) >= 11 is 1.65. The Morgan fingerprint density at radius 3 is 2.61 bits per heavy atom. The maximum atomic E-state index is 9.81. The van der Waals surface area contributed by atoms with E-state index >= 15 is 0 Å². The molecule has 0 amide bonds. The molecule has 0 aliphatic heterocycles. The molecule has 0 aromatic carbocycles. The minimum absolute atomic E-state index is 0.178. The number of anilines is 1. The van der Waals surface area contributed by atoms with Gasteiger partial charge in [-0.2, -0.15) is 4.57 Å². The van der Waals surface area contributed by atoms with Gasteiger partial charge in [0.15, 0.2) is 12.2 Å². The average molecular weight is 337 g/mol. The van der Waals surface area contributed by atoms with Gasteiger partial charge in [0.1, 0.15) is 17.4 Å². The monoisotopic (exact) mass is 337 g/mol. The molecule has 23 heavy (non-hydrogen) atoms. The first kappa shape index (κ1) is 19.2. The fourth-order valence-corrected chi connectivity index (χ4v) is 2.75. The van der Waals surface area contributed by atoms with Crippen LogP contribution in [0.2, 0.25) is 0 Å². The van der Waals surface area contributed by atoms with Crippen molar-refractivity contribution in [2.45, 2.75) is 47.1 Å². The van der Waals surface area contributed by atoms with Crippen LogP contribution in [0.1, 0.15) is 42.2 Å². The van der Waals surface area contributed by atoms with Crippen LogP contribution in [0.5, 0.6) is 0 Å². The molecule has 0 aliphatic rings. The van der Waals surface area contributed by atoms with Crippen molar-refractivity contribution in [3.05, 3.63) is 33.7 Å². The van der Waals surface area contributed by atoms with Crippen molar-refractivity contribution in [1.29, 1.82) is 0 Å². The number of rotatable bonds is 5. The predicted molar refractivity (Wildman–Crippen MR) is 91.3 cm³/mol. The van der Waals surface area contributed by atoms with Crippen molar-refractivity contribution in [3.8, 4) is 0 Å². The average Bonchev–Trinajstić information content (AvgIpc) is 2.84. The molecule has 3 N–H and O–H groups in total. The molecule has 6 nitrogen and oxygen atoms in total. The topological polar surface area (TPSA) is 93.0 Å². The number of ketones is 1. The maximum absolute atomic E-state index is 9.81. The molecule has 126 valence electrons. The molecule has 0 atom stereocenters. The molecule has 2 rings (SSSR count). The molecular formula is C16H25N4O2S+. The zero-order valence-electron chi connectivity index (χ0n) is 14.2. The minimum Gasteiger partial charge on any atom is -0.396 e. The standard InChI is InChI=1S/C12H17N4OS.C4H8O/c1-8-11(3-4-17)18-7-16(8)6-10-5-14-9(2)15-12(10)13;1-3-4(2)5/h5,7,17H,3-4,6H2,1-2H3,(H2,13,14,15);3H2,1-2H3/q+1;. The Morgan fingerprint density at radius 1 is 1.43 bits per heavy atom. The van der Waals surface area contributed by atoms with Gasteiger partial charge in [-0.15, -0.1) is 0 Å². The summed E-state index contributed by atoms with van der Waals surface area (Å²) in [6.07, 6.45) is 3.14. The zero-order valence-corrected chi connectivity index (χ0v) is 15.0. The highest BCUT2D eigenvalue weighted by Crippen LogP contribution is 2.13. The number of carbonyl (C=O) groups is 1. The van der Waals surface area contributed by atoms with Crippen molar-refractivity contribution in [1.82, 2.24) is 9.97 Å². The molecule has 2 aromatic heterocycles. The molecule has 0 aliphatic carbocycles. The Bertz CT molecular complexity index is 656. The minimum atomic E-state index is 0.178. The van der Waals surface area contributed by atoms with Gasteiger partial charge < -0.3 is 15.6 Å². The summed E-state index contributed by atoms with van der Waals surface area (Å²) in [7, 11) is 0. The van der Waals surface area contributed by atoms with E-state index in [2.05, 4.69) is 14.5 Å². The molecule has 0 saturated carbocycles. The number of nitrogens with two attached hydrogens (primary N) is 1. The number of hydrogen-bond donors (Lipinski definition) is 2. The first-order chi connectivity index (χ1) is 10.9. The molecule has 0 unspecified atom stereocenters. The van der Waals surface area contributed by atoms with E-state index in [9.17, 15) is 4.79 Å². The lowest BCUT2D eigenvalue weighted by Crippen LogP contribution is -2.35. The van der Waals surface area contributed by atoms with Gasteiger partial charge in [-0.1, -0.05) is 18.3 Å². The third kappa shape index (κ3) is 6.03. The second kappa shape index (κ2) is 9.32. The Labute approximate surface area is 141 Å². The summed E-state index contributed by atoms with van der Waals surface area (Å²) in [5, 5.41) is 8.98. The van der Waals surface area contributed by atoms with Gasteiger partial charge in [-0.05, 0) is 13.8 Å². The molecule has 2 aromatic rings. The van der Waals surface area contributed by atoms with Crippen LogP contribution in [0, 0.1) is 13.8 Å². The van der Waals surface area contributed by atoms with Crippen LogP contribution in [0.4, 0.5) is 5.82 Å². The Morgan fingerprint density at radius 2 is 2.09 bits per heavy atom. The van der Waals surface area contributed by atoms with Crippen molar-refractivity contribution in [3.63, 3.8) is 0 Å². The number of aliphatic hydroxyl groups is 1. The second-order valence-corrected chi connectivity index (χ2v) is 6.16. The van der Waals surface area contributed by atoms with E-state index in [1.54, 1.807) is 24.5 Å². The number of aryl methyl sites for hydroxylation is 1. The summed E-state index contributed by atoms with van der Waals surface area (Å²) in [6, 6.07) is 0. The third-order valence-electron chi connectivity index (χ3n) is 3.35. The van der Waals surface area contributed by atoms with Crippen LogP contribution in [0.3, 0.4) is 0 Å². The summed E-state index contributed by atoms with van der Waals surface area (Å²) in [5.41, 5.74) is 10.0. The molecule has 0 bridgehead atoms. The number of thiazole rings is 1. The predicted octanol–water partition coefficient (Wildman–Crippen LogP) is 1.59. The van der Waals surface area contributed by atoms with Gasteiger partial charge in [0.05, 0.1) is 10.4 Å². The fraction of sp³-hybridized carbons (Fsp3) is 0.500. The number of carbonyl (C=O) groups excluding carboxylic acids is 1. The van der Waals surface area contributed by atoms with E-state index in [-0.39, 0.29) is 12.4 Å². The van der Waals surface area contributed by atoms with Crippen LogP contribution in [-0.2, 0) is 17.8 Å². The van der Waals surface area contributed by atoms with Crippen LogP contribution in [0.25, 0.3) is 0 Å². The highest BCUT2D eigenvalue weighted by molar-refractivity contribution is 7.09. The first-order valence-corrected chi connectivity index (χ1v) is 8.41. The van der Waals surface area contributed by atoms with Crippen molar-refractivity contribution >= 4 is 22.9 Å². The van der Waals surface area contributed by atoms with E-state index in [1.807, 2.05) is 26.3 Å². The van der Waals surface area contributed by atoms with Crippen LogP contribution < -0.4 is 10.3 Å². The van der Waals surface area contributed by atoms with Gasteiger partial charge in [0.25, 0.3) is 0 Å². The van der Waals surface area contributed by atoms with Crippen molar-refractivity contribution in [2.24, 2.45) is 0 Å². The highest BCUT2D eigenvalue weighted by atomic mass is 32.1. The van der Waals surface area contributed by atoms with Crippen LogP contribution in [-0.4, -0.2) is 27.5 Å². The maximum Gasteiger partial charge on any atom is 0.225 e. The van der Waals surface area contributed by atoms with Crippen LogP contribution in [0.15, 0.2) is 11.7 Å². The normalized spacial score (nSPS) is 10.1. The first-order valence-electron chi connectivity index (χ1n) is 7.53. The van der Waals surface area contributed by atoms with Crippen molar-refractivity contribution < 1.29 is 14.5 Å². The lowest BCUT2D eigenvalue weighted by Gasteiger charge is -2.01. The molecule has 0 radical (unpaired) electrons. The Kier molecular flexibility index (Phi) is 7.77. The summed E-state index contributed by atoms with van der Waals surface area (Å²) in [6.45, 7) is 8.15. The van der Waals surface area contributed by atoms with E-state index in [1.165, 1.54) is 4.88 Å². The fourth-order valence-electron chi connectivity index (χ4n) is 1.77. The van der Waals surface area contributed by atoms with E-state index in [0.717, 1.165) is 11.3 Å². The number of nitrogen functional groups attached to an aromatic ring is 1. The summed E-state index contributed by atoms with van der Waals surface area (Å²) in [4.78, 5) is 19.3. The van der Waals surface area contributed by atoms with E-state index < -0.39 is 0 Å². The number of nitrogens with zero attached hydrogens (tertiary/aromatic N) is 3. The molecular weight excluding hydrogens is 312 g/mol. The number of aliphatic hydroxyl groups excluding tert-OH is 1. The quantitative estimate of drug-likeness (QED) is 0.808. The number of aromatic nitrogens is 3. The van der Waals surface area contributed by atoms with Gasteiger partial charge in [-0.3, -0.25) is 0 Å². The Balaban J connectivity index is 0.000000463. The number of hydrogen-bond acceptors (Lipinski definition) is 6. The van der Waals surface area contributed by atoms with Gasteiger partial charge >= 0.3 is 0 Å². The van der Waals surface area contributed by atoms with Crippen LogP contribution >= 0.6 is 11.3 Å². The smallest absolute Gasteiger partial charge is 0.225 e. The lowest BCUT2D eigenvalue weighted by molar-refractivity contribution is -0.689. The SMILES string of the molecule is CCC(C)=O.Cc1ncc(C[n+]2csc(CCO)c2C)c(N)n1. The van der Waals surface area contributed by atoms with Gasteiger partial charge in [0, 0.05) is 32.6 Å². The molecule has 7 heteroatoms. The third-order valence-corrected chi connectivity index (χ3v) is 4.50. The molecule has 0 saturated heterocycles. The molecule has 2 heterocycles. The van der Waals surface area contributed by atoms with E-state index in [4.69, 9.17) is 10.8 Å². The van der Waals surface area contributed by atoms with Gasteiger partial charge in [0.2, 0.25) is 5.51 Å². The largest absolute Gasteiger partial charge is 0.396 e. The second-order valence-electron chi connectivity index (χ2n) is 5.22. The lowest BCUT2D eigenvalue weighted by atomic mass is 10.2. The van der Waals surface area contributed by atoms with Gasteiger partial charge in [-0.25, -0.2) is 9.97 Å².